The number of benzene rings is 2. The van der Waals surface area contributed by atoms with E-state index in [2.05, 4.69) is 5.32 Å². The Morgan fingerprint density at radius 1 is 1.07 bits per heavy atom. The average molecular weight is 429 g/mol. The summed E-state index contributed by atoms with van der Waals surface area (Å²) in [7, 11) is -3.66. The molecule has 2 aromatic carbocycles. The van der Waals surface area contributed by atoms with Crippen molar-refractivity contribution < 1.29 is 17.9 Å². The minimum atomic E-state index is -3.66. The smallest absolute Gasteiger partial charge is 0.255 e. The first-order chi connectivity index (χ1) is 12.8. The third-order valence-electron chi connectivity index (χ3n) is 4.22. The summed E-state index contributed by atoms with van der Waals surface area (Å²) in [6, 6.07) is 9.32. The molecular weight excluding hydrogens is 411 g/mol. The van der Waals surface area contributed by atoms with Crippen LogP contribution in [0.3, 0.4) is 0 Å². The fourth-order valence-electron chi connectivity index (χ4n) is 2.72. The van der Waals surface area contributed by atoms with E-state index in [1.807, 2.05) is 0 Å². The van der Waals surface area contributed by atoms with E-state index >= 15 is 0 Å². The van der Waals surface area contributed by atoms with Crippen molar-refractivity contribution in [3.8, 4) is 0 Å². The fraction of sp³-hybridized carbons (Fsp3) is 0.278. The van der Waals surface area contributed by atoms with Crippen molar-refractivity contribution in [1.82, 2.24) is 4.31 Å². The van der Waals surface area contributed by atoms with Crippen LogP contribution in [0, 0.1) is 6.92 Å². The second kappa shape index (κ2) is 8.16. The number of aryl methyl sites for hydroxylation is 1. The predicted molar refractivity (Wildman–Crippen MR) is 105 cm³/mol. The van der Waals surface area contributed by atoms with Gasteiger partial charge in [-0.3, -0.25) is 4.79 Å². The molecule has 0 atom stereocenters. The second-order valence-electron chi connectivity index (χ2n) is 6.08. The minimum absolute atomic E-state index is 0.163. The molecule has 0 aromatic heterocycles. The minimum Gasteiger partial charge on any atom is -0.379 e. The van der Waals surface area contributed by atoms with Crippen molar-refractivity contribution in [3.63, 3.8) is 0 Å². The first-order valence-electron chi connectivity index (χ1n) is 8.24. The van der Waals surface area contributed by atoms with Crippen molar-refractivity contribution in [2.24, 2.45) is 0 Å². The summed E-state index contributed by atoms with van der Waals surface area (Å²) in [6.07, 6.45) is 0. The highest BCUT2D eigenvalue weighted by molar-refractivity contribution is 7.89. The Kier molecular flexibility index (Phi) is 6.08. The lowest BCUT2D eigenvalue weighted by molar-refractivity contribution is 0.0730. The molecular formula is C18H18Cl2N2O4S. The Morgan fingerprint density at radius 2 is 1.78 bits per heavy atom. The molecule has 1 aliphatic heterocycles. The van der Waals surface area contributed by atoms with E-state index in [0.717, 1.165) is 0 Å². The maximum absolute atomic E-state index is 12.9. The van der Waals surface area contributed by atoms with Crippen LogP contribution in [-0.2, 0) is 14.8 Å². The number of ether oxygens (including phenoxy) is 1. The molecule has 0 bridgehead atoms. The third-order valence-corrected chi connectivity index (χ3v) is 7.00. The van der Waals surface area contributed by atoms with Gasteiger partial charge in [0.15, 0.2) is 0 Å². The summed E-state index contributed by atoms with van der Waals surface area (Å²) in [5, 5.41) is 3.32. The van der Waals surface area contributed by atoms with E-state index in [9.17, 15) is 13.2 Å². The van der Waals surface area contributed by atoms with Crippen molar-refractivity contribution in [1.29, 1.82) is 0 Å². The number of nitrogens with one attached hydrogen (secondary N) is 1. The van der Waals surface area contributed by atoms with Crippen LogP contribution in [0.5, 0.6) is 0 Å². The molecule has 3 rings (SSSR count). The Bertz CT molecular complexity index is 973. The maximum atomic E-state index is 12.9. The van der Waals surface area contributed by atoms with Gasteiger partial charge in [0.1, 0.15) is 0 Å². The molecule has 6 nitrogen and oxygen atoms in total. The number of sulfonamides is 1. The summed E-state index contributed by atoms with van der Waals surface area (Å²) in [5.74, 6) is -0.410. The number of carbonyl (C=O) groups is 1. The van der Waals surface area contributed by atoms with Gasteiger partial charge in [-0.15, -0.1) is 0 Å². The molecule has 0 unspecified atom stereocenters. The Hall–Kier alpha value is -1.64. The van der Waals surface area contributed by atoms with E-state index in [1.54, 1.807) is 25.1 Å². The van der Waals surface area contributed by atoms with Crippen molar-refractivity contribution >= 4 is 44.8 Å². The van der Waals surface area contributed by atoms with Gasteiger partial charge in [-0.2, -0.15) is 4.31 Å². The highest BCUT2D eigenvalue weighted by atomic mass is 35.5. The quantitative estimate of drug-likeness (QED) is 0.807. The van der Waals surface area contributed by atoms with Crippen LogP contribution in [-0.4, -0.2) is 44.9 Å². The molecule has 0 saturated carbocycles. The second-order valence-corrected chi connectivity index (χ2v) is 8.80. The number of halogens is 2. The van der Waals surface area contributed by atoms with Crippen LogP contribution in [0.2, 0.25) is 10.0 Å². The Labute approximate surface area is 168 Å². The summed E-state index contributed by atoms with van der Waals surface area (Å²) in [4.78, 5) is 12.6. The van der Waals surface area contributed by atoms with Crippen molar-refractivity contribution in [2.75, 3.05) is 31.6 Å². The van der Waals surface area contributed by atoms with Gasteiger partial charge in [-0.25, -0.2) is 8.42 Å². The number of amides is 1. The SMILES string of the molecule is Cc1ccc(NC(=O)c2ccc(Cl)c(Cl)c2)cc1S(=O)(=O)N1CCOCC1. The number of morpholine rings is 1. The number of carbonyl (C=O) groups excluding carboxylic acids is 1. The van der Waals surface area contributed by atoms with Crippen LogP contribution < -0.4 is 5.32 Å². The van der Waals surface area contributed by atoms with Crippen LogP contribution in [0.1, 0.15) is 15.9 Å². The number of hydrogen-bond acceptors (Lipinski definition) is 4. The van der Waals surface area contributed by atoms with E-state index in [1.165, 1.54) is 22.5 Å². The maximum Gasteiger partial charge on any atom is 0.255 e. The van der Waals surface area contributed by atoms with E-state index in [4.69, 9.17) is 27.9 Å². The predicted octanol–water partition coefficient (Wildman–Crippen LogP) is 3.58. The monoisotopic (exact) mass is 428 g/mol. The standard InChI is InChI=1S/C18H18Cl2N2O4S/c1-12-2-4-14(21-18(23)13-3-5-15(19)16(20)10-13)11-17(12)27(24,25)22-6-8-26-9-7-22/h2-5,10-11H,6-9H2,1H3,(H,21,23). The van der Waals surface area contributed by atoms with E-state index < -0.39 is 15.9 Å². The topological polar surface area (TPSA) is 75.7 Å². The highest BCUT2D eigenvalue weighted by Crippen LogP contribution is 2.26. The van der Waals surface area contributed by atoms with Gasteiger partial charge in [-0.05, 0) is 42.8 Å². The molecule has 144 valence electrons. The van der Waals surface area contributed by atoms with Crippen LogP contribution >= 0.6 is 23.2 Å². The fourth-order valence-corrected chi connectivity index (χ4v) is 4.68. The molecule has 1 fully saturated rings. The average Bonchev–Trinajstić information content (AvgIpc) is 2.66. The zero-order valence-corrected chi connectivity index (χ0v) is 16.9. The lowest BCUT2D eigenvalue weighted by atomic mass is 10.2. The molecule has 1 saturated heterocycles. The summed E-state index contributed by atoms with van der Waals surface area (Å²) >= 11 is 11.8. The van der Waals surface area contributed by atoms with Crippen molar-refractivity contribution in [2.45, 2.75) is 11.8 Å². The van der Waals surface area contributed by atoms with Gasteiger partial charge >= 0.3 is 0 Å². The highest BCUT2D eigenvalue weighted by Gasteiger charge is 2.28. The van der Waals surface area contributed by atoms with Gasteiger partial charge in [0.05, 0.1) is 28.2 Å². The molecule has 9 heteroatoms. The lowest BCUT2D eigenvalue weighted by Gasteiger charge is -2.26. The van der Waals surface area contributed by atoms with E-state index in [0.29, 0.717) is 48.1 Å². The number of hydrogen-bond donors (Lipinski definition) is 1. The number of nitrogens with zero attached hydrogens (tertiary/aromatic N) is 1. The molecule has 1 aliphatic rings. The van der Waals surface area contributed by atoms with Crippen molar-refractivity contribution in [3.05, 3.63) is 57.6 Å². The molecule has 1 amide bonds. The molecule has 1 heterocycles. The summed E-state index contributed by atoms with van der Waals surface area (Å²) < 4.78 is 32.5. The first kappa shape index (κ1) is 20.1. The molecule has 0 aliphatic carbocycles. The van der Waals surface area contributed by atoms with Gasteiger partial charge in [0.2, 0.25) is 10.0 Å². The summed E-state index contributed by atoms with van der Waals surface area (Å²) in [6.45, 7) is 3.07. The van der Waals surface area contributed by atoms with Gasteiger partial charge in [0.25, 0.3) is 5.91 Å². The zero-order valence-electron chi connectivity index (χ0n) is 14.5. The van der Waals surface area contributed by atoms with Gasteiger partial charge < -0.3 is 10.1 Å². The molecule has 27 heavy (non-hydrogen) atoms. The Balaban J connectivity index is 1.86. The van der Waals surface area contributed by atoms with Crippen LogP contribution in [0.25, 0.3) is 0 Å². The zero-order chi connectivity index (χ0) is 19.6. The first-order valence-corrected chi connectivity index (χ1v) is 10.4. The number of anilines is 1. The molecule has 1 N–H and O–H groups in total. The van der Waals surface area contributed by atoms with Crippen LogP contribution in [0.4, 0.5) is 5.69 Å². The lowest BCUT2D eigenvalue weighted by Crippen LogP contribution is -2.40. The van der Waals surface area contributed by atoms with Gasteiger partial charge in [-0.1, -0.05) is 29.3 Å². The summed E-state index contributed by atoms with van der Waals surface area (Å²) in [5.41, 5.74) is 1.31. The molecule has 0 radical (unpaired) electrons. The third kappa shape index (κ3) is 4.44. The van der Waals surface area contributed by atoms with E-state index in [-0.39, 0.29) is 9.92 Å². The number of rotatable bonds is 4. The Morgan fingerprint density at radius 3 is 2.44 bits per heavy atom. The molecule has 0 spiro atoms. The normalized spacial score (nSPS) is 15.5. The van der Waals surface area contributed by atoms with Crippen LogP contribution in [0.15, 0.2) is 41.3 Å². The van der Waals surface area contributed by atoms with Gasteiger partial charge in [0, 0.05) is 24.3 Å². The molecule has 2 aromatic rings. The largest absolute Gasteiger partial charge is 0.379 e.